The fourth-order valence-electron chi connectivity index (χ4n) is 4.53. The second kappa shape index (κ2) is 10.3. The van der Waals surface area contributed by atoms with Gasteiger partial charge in [-0.15, -0.1) is 0 Å². The molecule has 0 saturated carbocycles. The van der Waals surface area contributed by atoms with Crippen molar-refractivity contribution in [3.8, 4) is 0 Å². The van der Waals surface area contributed by atoms with E-state index in [9.17, 15) is 4.79 Å². The zero-order valence-corrected chi connectivity index (χ0v) is 18.1. The van der Waals surface area contributed by atoms with Gasteiger partial charge in [-0.1, -0.05) is 0 Å². The van der Waals surface area contributed by atoms with E-state index in [2.05, 4.69) is 22.2 Å². The molecular weight excluding hydrogens is 382 g/mol. The maximum atomic E-state index is 12.9. The smallest absolute Gasteiger partial charge is 0.240 e. The number of aliphatic imine (C=N–C) groups is 1. The number of furan rings is 1. The van der Waals surface area contributed by atoms with Crippen LogP contribution >= 0.6 is 0 Å². The Kier molecular flexibility index (Phi) is 7.28. The predicted octanol–water partition coefficient (Wildman–Crippen LogP) is 1.04. The van der Waals surface area contributed by atoms with Gasteiger partial charge in [0.1, 0.15) is 5.76 Å². The van der Waals surface area contributed by atoms with Gasteiger partial charge in [0.15, 0.2) is 5.96 Å². The highest BCUT2D eigenvalue weighted by molar-refractivity contribution is 5.83. The van der Waals surface area contributed by atoms with Crippen LogP contribution in [-0.4, -0.2) is 98.7 Å². The number of likely N-dealkylation sites (tertiary alicyclic amines) is 1. The number of piperazine rings is 1. The molecule has 1 N–H and O–H groups in total. The molecule has 4 heterocycles. The van der Waals surface area contributed by atoms with Crippen molar-refractivity contribution in [1.82, 2.24) is 20.0 Å². The van der Waals surface area contributed by atoms with Crippen LogP contribution in [0.4, 0.5) is 0 Å². The van der Waals surface area contributed by atoms with E-state index >= 15 is 0 Å². The van der Waals surface area contributed by atoms with Crippen LogP contribution in [0.15, 0.2) is 27.8 Å². The van der Waals surface area contributed by atoms with Gasteiger partial charge in [0.2, 0.25) is 5.91 Å². The number of amides is 1. The molecule has 0 bridgehead atoms. The molecule has 1 aromatic rings. The number of nitrogens with one attached hydrogen (secondary N) is 1. The number of carbonyl (C=O) groups is 1. The van der Waals surface area contributed by atoms with Gasteiger partial charge < -0.3 is 24.3 Å². The third-order valence-electron chi connectivity index (χ3n) is 6.45. The van der Waals surface area contributed by atoms with Crippen molar-refractivity contribution < 1.29 is 13.9 Å². The Morgan fingerprint density at radius 2 is 2.03 bits per heavy atom. The minimum Gasteiger partial charge on any atom is -0.469 e. The largest absolute Gasteiger partial charge is 0.469 e. The lowest BCUT2D eigenvalue weighted by Gasteiger charge is -2.38. The molecule has 1 aromatic heterocycles. The second-order valence-electron chi connectivity index (χ2n) is 8.60. The second-order valence-corrected chi connectivity index (χ2v) is 8.60. The molecule has 3 saturated heterocycles. The zero-order valence-electron chi connectivity index (χ0n) is 18.1. The number of carbonyl (C=O) groups excluding carboxylic acids is 1. The van der Waals surface area contributed by atoms with Crippen molar-refractivity contribution in [2.24, 2.45) is 10.9 Å². The molecule has 8 heteroatoms. The Labute approximate surface area is 179 Å². The monoisotopic (exact) mass is 417 g/mol. The maximum absolute atomic E-state index is 12.9. The van der Waals surface area contributed by atoms with Crippen LogP contribution in [0.25, 0.3) is 0 Å². The standard InChI is InChI=1S/C22H35N5O3/c1-25-9-2-5-20(25)21(28)26-10-12-27(13-11-26)22(24-16-18-7-15-29-17-18)23-8-6-19-4-3-14-30-19/h3-4,14,18,20H,2,5-13,15-17H2,1H3,(H,23,24). The number of hydrogen-bond donors (Lipinski definition) is 1. The van der Waals surface area contributed by atoms with E-state index in [1.54, 1.807) is 6.26 Å². The summed E-state index contributed by atoms with van der Waals surface area (Å²) in [5, 5.41) is 3.52. The molecule has 166 valence electrons. The highest BCUT2D eigenvalue weighted by Gasteiger charge is 2.33. The third kappa shape index (κ3) is 5.35. The summed E-state index contributed by atoms with van der Waals surface area (Å²) in [7, 11) is 2.06. The lowest BCUT2D eigenvalue weighted by molar-refractivity contribution is -0.136. The van der Waals surface area contributed by atoms with Crippen molar-refractivity contribution in [3.63, 3.8) is 0 Å². The van der Waals surface area contributed by atoms with Crippen LogP contribution < -0.4 is 5.32 Å². The van der Waals surface area contributed by atoms with Crippen LogP contribution in [0.1, 0.15) is 25.0 Å². The highest BCUT2D eigenvalue weighted by atomic mass is 16.5. The molecular formula is C22H35N5O3. The lowest BCUT2D eigenvalue weighted by Crippen LogP contribution is -2.56. The van der Waals surface area contributed by atoms with Crippen LogP contribution in [-0.2, 0) is 16.0 Å². The molecule has 8 nitrogen and oxygen atoms in total. The molecule has 2 atom stereocenters. The summed E-state index contributed by atoms with van der Waals surface area (Å²) in [5.41, 5.74) is 0. The summed E-state index contributed by atoms with van der Waals surface area (Å²) in [6.45, 7) is 7.39. The summed E-state index contributed by atoms with van der Waals surface area (Å²) >= 11 is 0. The summed E-state index contributed by atoms with van der Waals surface area (Å²) in [6.07, 6.45) is 5.72. The van der Waals surface area contributed by atoms with E-state index in [4.69, 9.17) is 14.1 Å². The topological polar surface area (TPSA) is 73.6 Å². The van der Waals surface area contributed by atoms with E-state index < -0.39 is 0 Å². The molecule has 3 aliphatic rings. The molecule has 0 aromatic carbocycles. The molecule has 3 fully saturated rings. The van der Waals surface area contributed by atoms with Crippen LogP contribution in [0, 0.1) is 5.92 Å². The number of hydrogen-bond acceptors (Lipinski definition) is 5. The molecule has 0 spiro atoms. The van der Waals surface area contributed by atoms with Gasteiger partial charge in [-0.25, -0.2) is 0 Å². The van der Waals surface area contributed by atoms with Crippen molar-refractivity contribution in [2.75, 3.05) is 66.1 Å². The fourth-order valence-corrected chi connectivity index (χ4v) is 4.53. The molecule has 2 unspecified atom stereocenters. The van der Waals surface area contributed by atoms with Crippen molar-refractivity contribution in [2.45, 2.75) is 31.7 Å². The van der Waals surface area contributed by atoms with Crippen molar-refractivity contribution in [1.29, 1.82) is 0 Å². The average molecular weight is 418 g/mol. The summed E-state index contributed by atoms with van der Waals surface area (Å²) < 4.78 is 10.9. The van der Waals surface area contributed by atoms with E-state index in [0.29, 0.717) is 11.8 Å². The highest BCUT2D eigenvalue weighted by Crippen LogP contribution is 2.18. The summed E-state index contributed by atoms with van der Waals surface area (Å²) in [4.78, 5) is 24.3. The summed E-state index contributed by atoms with van der Waals surface area (Å²) in [6, 6.07) is 3.99. The van der Waals surface area contributed by atoms with Gasteiger partial charge in [-0.05, 0) is 45.0 Å². The average Bonchev–Trinajstić information content (AvgIpc) is 3.53. The van der Waals surface area contributed by atoms with Crippen molar-refractivity contribution in [3.05, 3.63) is 24.2 Å². The first-order valence-corrected chi connectivity index (χ1v) is 11.3. The van der Waals surface area contributed by atoms with Crippen LogP contribution in [0.5, 0.6) is 0 Å². The minimum atomic E-state index is 0.0680. The number of likely N-dealkylation sites (N-methyl/N-ethyl adjacent to an activating group) is 1. The number of ether oxygens (including phenoxy) is 1. The lowest BCUT2D eigenvalue weighted by atomic mass is 10.1. The molecule has 3 aliphatic heterocycles. The number of rotatable bonds is 6. The molecule has 0 radical (unpaired) electrons. The Balaban J connectivity index is 1.31. The normalized spacial score (nSPS) is 25.8. The Morgan fingerprint density at radius 3 is 2.70 bits per heavy atom. The van der Waals surface area contributed by atoms with Gasteiger partial charge in [0, 0.05) is 58.2 Å². The molecule has 0 aliphatic carbocycles. The van der Waals surface area contributed by atoms with Gasteiger partial charge in [-0.3, -0.25) is 14.7 Å². The predicted molar refractivity (Wildman–Crippen MR) is 115 cm³/mol. The first-order chi connectivity index (χ1) is 14.7. The first-order valence-electron chi connectivity index (χ1n) is 11.3. The zero-order chi connectivity index (χ0) is 20.8. The van der Waals surface area contributed by atoms with E-state index in [-0.39, 0.29) is 6.04 Å². The number of nitrogens with zero attached hydrogens (tertiary/aromatic N) is 4. The van der Waals surface area contributed by atoms with Crippen LogP contribution in [0.2, 0.25) is 0 Å². The Bertz CT molecular complexity index is 694. The molecule has 4 rings (SSSR count). The van der Waals surface area contributed by atoms with Crippen LogP contribution in [0.3, 0.4) is 0 Å². The minimum absolute atomic E-state index is 0.0680. The molecule has 1 amide bonds. The summed E-state index contributed by atoms with van der Waals surface area (Å²) in [5.74, 6) is 2.72. The van der Waals surface area contributed by atoms with E-state index in [1.165, 1.54) is 0 Å². The van der Waals surface area contributed by atoms with E-state index in [1.807, 2.05) is 17.0 Å². The van der Waals surface area contributed by atoms with Gasteiger partial charge in [0.25, 0.3) is 0 Å². The first kappa shape index (κ1) is 21.2. The SMILES string of the molecule is CN1CCCC1C(=O)N1CCN(C(=NCC2CCOC2)NCCc2ccco2)CC1. The Morgan fingerprint density at radius 1 is 1.20 bits per heavy atom. The third-order valence-corrected chi connectivity index (χ3v) is 6.45. The van der Waals surface area contributed by atoms with Gasteiger partial charge in [-0.2, -0.15) is 0 Å². The van der Waals surface area contributed by atoms with Gasteiger partial charge >= 0.3 is 0 Å². The van der Waals surface area contributed by atoms with Gasteiger partial charge in [0.05, 0.1) is 18.9 Å². The quantitative estimate of drug-likeness (QED) is 0.551. The number of guanidine groups is 1. The van der Waals surface area contributed by atoms with E-state index in [0.717, 1.165) is 96.4 Å². The fraction of sp³-hybridized carbons (Fsp3) is 0.727. The maximum Gasteiger partial charge on any atom is 0.240 e. The molecule has 30 heavy (non-hydrogen) atoms. The Hall–Kier alpha value is -2.06. The van der Waals surface area contributed by atoms with Crippen molar-refractivity contribution >= 4 is 11.9 Å².